The minimum atomic E-state index is -0.296. The maximum Gasteiger partial charge on any atom is 0.142 e. The molecule has 0 radical (unpaired) electrons. The van der Waals surface area contributed by atoms with Gasteiger partial charge in [0, 0.05) is 10.0 Å². The number of rotatable bonds is 3. The van der Waals surface area contributed by atoms with E-state index in [0.717, 1.165) is 5.56 Å². The largest absolute Gasteiger partial charge is 0.487 e. The molecule has 0 atom stereocenters. The van der Waals surface area contributed by atoms with Crippen LogP contribution < -0.4 is 10.5 Å². The third-order valence-corrected chi connectivity index (χ3v) is 3.06. The van der Waals surface area contributed by atoms with Crippen LogP contribution in [0, 0.1) is 12.7 Å². The lowest BCUT2D eigenvalue weighted by atomic mass is 10.2. The SMILES string of the molecule is Cc1ccc(OCc2ccc(Br)cc2F)c(N)c1. The molecular formula is C14H13BrFNO. The molecule has 0 heterocycles. The van der Waals surface area contributed by atoms with Gasteiger partial charge in [-0.15, -0.1) is 0 Å². The molecule has 0 fully saturated rings. The second-order valence-electron chi connectivity index (χ2n) is 4.07. The number of halogens is 2. The topological polar surface area (TPSA) is 35.2 Å². The van der Waals surface area contributed by atoms with E-state index in [9.17, 15) is 4.39 Å². The second kappa shape index (κ2) is 5.40. The fourth-order valence-corrected chi connectivity index (χ4v) is 1.93. The average molecular weight is 310 g/mol. The zero-order chi connectivity index (χ0) is 13.1. The highest BCUT2D eigenvalue weighted by Gasteiger charge is 2.05. The number of hydrogen-bond donors (Lipinski definition) is 1. The summed E-state index contributed by atoms with van der Waals surface area (Å²) in [5.74, 6) is 0.276. The normalized spacial score (nSPS) is 10.4. The van der Waals surface area contributed by atoms with E-state index in [2.05, 4.69) is 15.9 Å². The van der Waals surface area contributed by atoms with Crippen molar-refractivity contribution in [1.29, 1.82) is 0 Å². The summed E-state index contributed by atoms with van der Waals surface area (Å²) < 4.78 is 19.8. The molecule has 0 aliphatic rings. The van der Waals surface area contributed by atoms with Crippen molar-refractivity contribution in [1.82, 2.24) is 0 Å². The van der Waals surface area contributed by atoms with Gasteiger partial charge < -0.3 is 10.5 Å². The Labute approximate surface area is 114 Å². The minimum absolute atomic E-state index is 0.159. The Morgan fingerprint density at radius 3 is 2.67 bits per heavy atom. The maximum absolute atomic E-state index is 13.6. The number of anilines is 1. The highest BCUT2D eigenvalue weighted by molar-refractivity contribution is 9.10. The molecule has 0 aromatic heterocycles. The summed E-state index contributed by atoms with van der Waals surface area (Å²) in [5, 5.41) is 0. The molecule has 18 heavy (non-hydrogen) atoms. The standard InChI is InChI=1S/C14H13BrFNO/c1-9-2-5-14(13(17)6-9)18-8-10-3-4-11(15)7-12(10)16/h2-7H,8,17H2,1H3. The molecule has 0 amide bonds. The van der Waals surface area contributed by atoms with E-state index >= 15 is 0 Å². The van der Waals surface area contributed by atoms with Crippen LogP contribution in [0.3, 0.4) is 0 Å². The van der Waals surface area contributed by atoms with Crippen LogP contribution >= 0.6 is 15.9 Å². The van der Waals surface area contributed by atoms with Gasteiger partial charge in [-0.1, -0.05) is 28.1 Å². The van der Waals surface area contributed by atoms with Crippen LogP contribution in [-0.2, 0) is 6.61 Å². The van der Waals surface area contributed by atoms with Gasteiger partial charge in [0.15, 0.2) is 0 Å². The Morgan fingerprint density at radius 1 is 1.22 bits per heavy atom. The van der Waals surface area contributed by atoms with Crippen LogP contribution in [0.25, 0.3) is 0 Å². The zero-order valence-corrected chi connectivity index (χ0v) is 11.5. The molecule has 2 aromatic rings. The van der Waals surface area contributed by atoms with Crippen molar-refractivity contribution in [2.75, 3.05) is 5.73 Å². The van der Waals surface area contributed by atoms with Gasteiger partial charge in [0.1, 0.15) is 18.2 Å². The zero-order valence-electron chi connectivity index (χ0n) is 9.91. The van der Waals surface area contributed by atoms with E-state index in [1.165, 1.54) is 6.07 Å². The van der Waals surface area contributed by atoms with Gasteiger partial charge in [-0.05, 0) is 36.8 Å². The number of aryl methyl sites for hydroxylation is 1. The molecule has 2 rings (SSSR count). The smallest absolute Gasteiger partial charge is 0.142 e. The lowest BCUT2D eigenvalue weighted by Gasteiger charge is -2.10. The molecule has 0 saturated carbocycles. The molecule has 0 saturated heterocycles. The van der Waals surface area contributed by atoms with Gasteiger partial charge >= 0.3 is 0 Å². The van der Waals surface area contributed by atoms with Gasteiger partial charge in [-0.25, -0.2) is 4.39 Å². The number of nitrogens with two attached hydrogens (primary N) is 1. The Balaban J connectivity index is 2.11. The van der Waals surface area contributed by atoms with Crippen molar-refractivity contribution in [2.45, 2.75) is 13.5 Å². The van der Waals surface area contributed by atoms with Gasteiger partial charge in [0.25, 0.3) is 0 Å². The van der Waals surface area contributed by atoms with Crippen molar-refractivity contribution in [2.24, 2.45) is 0 Å². The van der Waals surface area contributed by atoms with Crippen LogP contribution in [0.5, 0.6) is 5.75 Å². The van der Waals surface area contributed by atoms with Crippen LogP contribution in [0.4, 0.5) is 10.1 Å². The van der Waals surface area contributed by atoms with Crippen LogP contribution in [-0.4, -0.2) is 0 Å². The third kappa shape index (κ3) is 3.01. The summed E-state index contributed by atoms with van der Waals surface area (Å²) in [6.07, 6.45) is 0. The van der Waals surface area contributed by atoms with Crippen molar-refractivity contribution < 1.29 is 9.13 Å². The summed E-state index contributed by atoms with van der Waals surface area (Å²) in [5.41, 5.74) is 7.95. The fourth-order valence-electron chi connectivity index (χ4n) is 1.59. The molecule has 0 spiro atoms. The quantitative estimate of drug-likeness (QED) is 0.868. The summed E-state index contributed by atoms with van der Waals surface area (Å²) in [6.45, 7) is 2.11. The fraction of sp³-hybridized carbons (Fsp3) is 0.143. The second-order valence-corrected chi connectivity index (χ2v) is 4.98. The minimum Gasteiger partial charge on any atom is -0.487 e. The summed E-state index contributed by atoms with van der Waals surface area (Å²) in [7, 11) is 0. The summed E-state index contributed by atoms with van der Waals surface area (Å²) in [4.78, 5) is 0. The number of nitrogen functional groups attached to an aromatic ring is 1. The highest BCUT2D eigenvalue weighted by atomic mass is 79.9. The van der Waals surface area contributed by atoms with Crippen LogP contribution in [0.1, 0.15) is 11.1 Å². The van der Waals surface area contributed by atoms with E-state index in [1.54, 1.807) is 18.2 Å². The molecule has 4 heteroatoms. The molecule has 0 aliphatic carbocycles. The third-order valence-electron chi connectivity index (χ3n) is 2.56. The van der Waals surface area contributed by atoms with Crippen LogP contribution in [0.15, 0.2) is 40.9 Å². The average Bonchev–Trinajstić information content (AvgIpc) is 2.30. The van der Waals surface area contributed by atoms with E-state index < -0.39 is 0 Å². The van der Waals surface area contributed by atoms with E-state index in [0.29, 0.717) is 21.5 Å². The molecule has 0 unspecified atom stereocenters. The molecule has 0 aliphatic heterocycles. The lowest BCUT2D eigenvalue weighted by molar-refractivity contribution is 0.301. The summed E-state index contributed by atoms with van der Waals surface area (Å²) >= 11 is 3.21. The first-order chi connectivity index (χ1) is 8.56. The monoisotopic (exact) mass is 309 g/mol. The van der Waals surface area contributed by atoms with Gasteiger partial charge in [0.2, 0.25) is 0 Å². The van der Waals surface area contributed by atoms with Crippen molar-refractivity contribution in [3.8, 4) is 5.75 Å². The molecule has 2 nitrogen and oxygen atoms in total. The van der Waals surface area contributed by atoms with Crippen LogP contribution in [0.2, 0.25) is 0 Å². The molecule has 2 N–H and O–H groups in total. The van der Waals surface area contributed by atoms with Crippen molar-refractivity contribution in [3.63, 3.8) is 0 Å². The van der Waals surface area contributed by atoms with Crippen molar-refractivity contribution >= 4 is 21.6 Å². The lowest BCUT2D eigenvalue weighted by Crippen LogP contribution is -2.01. The number of ether oxygens (including phenoxy) is 1. The van der Waals surface area contributed by atoms with Gasteiger partial charge in [-0.2, -0.15) is 0 Å². The Hall–Kier alpha value is -1.55. The van der Waals surface area contributed by atoms with E-state index in [4.69, 9.17) is 10.5 Å². The molecule has 94 valence electrons. The van der Waals surface area contributed by atoms with E-state index in [-0.39, 0.29) is 12.4 Å². The Bertz CT molecular complexity index is 520. The van der Waals surface area contributed by atoms with Gasteiger partial charge in [0.05, 0.1) is 5.69 Å². The Morgan fingerprint density at radius 2 is 2.00 bits per heavy atom. The van der Waals surface area contributed by atoms with Crippen molar-refractivity contribution in [3.05, 3.63) is 57.8 Å². The first-order valence-corrected chi connectivity index (χ1v) is 6.28. The molecule has 0 bridgehead atoms. The molecule has 2 aromatic carbocycles. The number of benzene rings is 2. The first kappa shape index (κ1) is 12.9. The predicted octanol–water partition coefficient (Wildman–Crippen LogP) is 4.06. The maximum atomic E-state index is 13.6. The first-order valence-electron chi connectivity index (χ1n) is 5.49. The molecular weight excluding hydrogens is 297 g/mol. The predicted molar refractivity (Wildman–Crippen MR) is 74.0 cm³/mol. The summed E-state index contributed by atoms with van der Waals surface area (Å²) in [6, 6.07) is 10.4. The highest BCUT2D eigenvalue weighted by Crippen LogP contribution is 2.24. The van der Waals surface area contributed by atoms with E-state index in [1.807, 2.05) is 19.1 Å². The Kier molecular flexibility index (Phi) is 3.87. The van der Waals surface area contributed by atoms with Gasteiger partial charge in [-0.3, -0.25) is 0 Å². The number of hydrogen-bond acceptors (Lipinski definition) is 2.